The molecule has 2 aromatic rings. The summed E-state index contributed by atoms with van der Waals surface area (Å²) in [7, 11) is 0. The average Bonchev–Trinajstić information content (AvgIpc) is 2.41. The molecule has 0 heterocycles. The van der Waals surface area contributed by atoms with Gasteiger partial charge in [0.2, 0.25) is 0 Å². The zero-order valence-corrected chi connectivity index (χ0v) is 11.7. The smallest absolute Gasteiger partial charge is 0.292 e. The first-order valence-corrected chi connectivity index (χ1v) is 6.42. The van der Waals surface area contributed by atoms with Crippen molar-refractivity contribution in [3.05, 3.63) is 63.7 Å². The Kier molecular flexibility index (Phi) is 4.49. The SMILES string of the molecule is O=[N+]([O-])c1ccccc1NC(=S)Nc1ccccc1Cl. The number of hydrogen-bond donors (Lipinski definition) is 2. The van der Waals surface area contributed by atoms with Crippen molar-refractivity contribution in [3.8, 4) is 0 Å². The van der Waals surface area contributed by atoms with Gasteiger partial charge >= 0.3 is 0 Å². The van der Waals surface area contributed by atoms with E-state index in [0.29, 0.717) is 16.4 Å². The fourth-order valence-corrected chi connectivity index (χ4v) is 1.98. The third kappa shape index (κ3) is 3.43. The number of nitro groups is 1. The van der Waals surface area contributed by atoms with E-state index in [-0.39, 0.29) is 10.8 Å². The summed E-state index contributed by atoms with van der Waals surface area (Å²) in [6.07, 6.45) is 0. The summed E-state index contributed by atoms with van der Waals surface area (Å²) in [6, 6.07) is 13.3. The van der Waals surface area contributed by atoms with Gasteiger partial charge in [-0.05, 0) is 30.4 Å². The molecule has 0 saturated heterocycles. The molecule has 0 atom stereocenters. The van der Waals surface area contributed by atoms with Crippen LogP contribution in [0.2, 0.25) is 5.02 Å². The van der Waals surface area contributed by atoms with Crippen molar-refractivity contribution in [2.24, 2.45) is 0 Å². The fraction of sp³-hybridized carbons (Fsp3) is 0. The number of hydrogen-bond acceptors (Lipinski definition) is 3. The highest BCUT2D eigenvalue weighted by Gasteiger charge is 2.13. The van der Waals surface area contributed by atoms with E-state index in [2.05, 4.69) is 10.6 Å². The molecule has 0 unspecified atom stereocenters. The maximum absolute atomic E-state index is 10.9. The summed E-state index contributed by atoms with van der Waals surface area (Å²) < 4.78 is 0. The predicted octanol–water partition coefficient (Wildman–Crippen LogP) is 4.06. The molecule has 2 rings (SSSR count). The van der Waals surface area contributed by atoms with E-state index in [1.54, 1.807) is 36.4 Å². The monoisotopic (exact) mass is 307 g/mol. The van der Waals surface area contributed by atoms with Crippen molar-refractivity contribution >= 4 is 46.0 Å². The predicted molar refractivity (Wildman–Crippen MR) is 84.4 cm³/mol. The van der Waals surface area contributed by atoms with Gasteiger partial charge in [0.15, 0.2) is 5.11 Å². The summed E-state index contributed by atoms with van der Waals surface area (Å²) in [5, 5.41) is 17.3. The number of halogens is 1. The normalized spacial score (nSPS) is 9.85. The lowest BCUT2D eigenvalue weighted by Crippen LogP contribution is -2.19. The Bertz CT molecular complexity index is 664. The van der Waals surface area contributed by atoms with Gasteiger partial charge in [0.05, 0.1) is 15.6 Å². The maximum atomic E-state index is 10.9. The van der Waals surface area contributed by atoms with Crippen LogP contribution in [-0.4, -0.2) is 10.0 Å². The van der Waals surface area contributed by atoms with Crippen LogP contribution in [0.15, 0.2) is 48.5 Å². The average molecular weight is 308 g/mol. The van der Waals surface area contributed by atoms with Crippen LogP contribution in [0.5, 0.6) is 0 Å². The van der Waals surface area contributed by atoms with Crippen molar-refractivity contribution in [1.82, 2.24) is 0 Å². The molecule has 2 N–H and O–H groups in total. The van der Waals surface area contributed by atoms with E-state index in [4.69, 9.17) is 23.8 Å². The lowest BCUT2D eigenvalue weighted by molar-refractivity contribution is -0.383. The zero-order valence-electron chi connectivity index (χ0n) is 10.2. The van der Waals surface area contributed by atoms with E-state index in [9.17, 15) is 10.1 Å². The van der Waals surface area contributed by atoms with E-state index in [0.717, 1.165) is 0 Å². The first kappa shape index (κ1) is 14.2. The molecule has 0 amide bonds. The summed E-state index contributed by atoms with van der Waals surface area (Å²) >= 11 is 11.1. The second-order valence-corrected chi connectivity index (χ2v) is 4.65. The van der Waals surface area contributed by atoms with Crippen LogP contribution in [0.1, 0.15) is 0 Å². The third-order valence-electron chi connectivity index (χ3n) is 2.47. The molecule has 0 radical (unpaired) electrons. The van der Waals surface area contributed by atoms with E-state index in [1.165, 1.54) is 6.07 Å². The highest BCUT2D eigenvalue weighted by Crippen LogP contribution is 2.24. The minimum atomic E-state index is -0.472. The second-order valence-electron chi connectivity index (χ2n) is 3.83. The minimum Gasteiger partial charge on any atom is -0.331 e. The van der Waals surface area contributed by atoms with Crippen molar-refractivity contribution < 1.29 is 4.92 Å². The molecule has 0 saturated carbocycles. The van der Waals surface area contributed by atoms with Crippen LogP contribution in [0, 0.1) is 10.1 Å². The van der Waals surface area contributed by atoms with Gasteiger partial charge in [0.25, 0.3) is 5.69 Å². The molecule has 7 heteroatoms. The summed E-state index contributed by atoms with van der Waals surface area (Å²) in [5.74, 6) is 0. The van der Waals surface area contributed by atoms with Crippen LogP contribution >= 0.6 is 23.8 Å². The van der Waals surface area contributed by atoms with Crippen LogP contribution in [0.25, 0.3) is 0 Å². The molecule has 5 nitrogen and oxygen atoms in total. The molecule has 20 heavy (non-hydrogen) atoms. The topological polar surface area (TPSA) is 67.2 Å². The van der Waals surface area contributed by atoms with Crippen LogP contribution in [0.4, 0.5) is 17.1 Å². The van der Waals surface area contributed by atoms with Gasteiger partial charge in [-0.15, -0.1) is 0 Å². The number of thiocarbonyl (C=S) groups is 1. The van der Waals surface area contributed by atoms with Crippen molar-refractivity contribution in [3.63, 3.8) is 0 Å². The number of rotatable bonds is 3. The van der Waals surface area contributed by atoms with E-state index >= 15 is 0 Å². The molecule has 0 bridgehead atoms. The van der Waals surface area contributed by atoms with Gasteiger partial charge < -0.3 is 10.6 Å². The number of nitro benzene ring substituents is 1. The first-order chi connectivity index (χ1) is 9.58. The number of para-hydroxylation sites is 3. The van der Waals surface area contributed by atoms with Crippen LogP contribution < -0.4 is 10.6 Å². The molecular formula is C13H10ClN3O2S. The summed E-state index contributed by atoms with van der Waals surface area (Å²) in [5.41, 5.74) is 0.906. The van der Waals surface area contributed by atoms with Gasteiger partial charge in [-0.3, -0.25) is 10.1 Å². The van der Waals surface area contributed by atoms with Crippen molar-refractivity contribution in [1.29, 1.82) is 0 Å². The maximum Gasteiger partial charge on any atom is 0.292 e. The molecule has 102 valence electrons. The number of nitrogens with one attached hydrogen (secondary N) is 2. The number of benzene rings is 2. The quantitative estimate of drug-likeness (QED) is 0.508. The van der Waals surface area contributed by atoms with Gasteiger partial charge in [-0.2, -0.15) is 0 Å². The van der Waals surface area contributed by atoms with Gasteiger partial charge in [0, 0.05) is 6.07 Å². The number of nitrogens with zero attached hydrogens (tertiary/aromatic N) is 1. The molecule has 0 aliphatic carbocycles. The Balaban J connectivity index is 2.13. The van der Waals surface area contributed by atoms with Crippen molar-refractivity contribution in [2.75, 3.05) is 10.6 Å². The third-order valence-corrected chi connectivity index (χ3v) is 3.00. The first-order valence-electron chi connectivity index (χ1n) is 5.64. The standard InChI is InChI=1S/C13H10ClN3O2S/c14-9-5-1-2-6-10(9)15-13(20)16-11-7-3-4-8-12(11)17(18)19/h1-8H,(H2,15,16,20). The summed E-state index contributed by atoms with van der Waals surface area (Å²) in [6.45, 7) is 0. The van der Waals surface area contributed by atoms with Gasteiger partial charge in [-0.1, -0.05) is 35.9 Å². The Morgan fingerprint density at radius 1 is 1.05 bits per heavy atom. The zero-order chi connectivity index (χ0) is 14.5. The molecule has 0 spiro atoms. The molecular weight excluding hydrogens is 298 g/mol. The largest absolute Gasteiger partial charge is 0.331 e. The summed E-state index contributed by atoms with van der Waals surface area (Å²) in [4.78, 5) is 10.4. The van der Waals surface area contributed by atoms with E-state index in [1.807, 2.05) is 6.07 Å². The molecule has 0 aliphatic heterocycles. The molecule has 0 aromatic heterocycles. The van der Waals surface area contributed by atoms with Crippen LogP contribution in [-0.2, 0) is 0 Å². The van der Waals surface area contributed by atoms with Crippen molar-refractivity contribution in [2.45, 2.75) is 0 Å². The minimum absolute atomic E-state index is 0.0455. The lowest BCUT2D eigenvalue weighted by Gasteiger charge is -2.11. The lowest BCUT2D eigenvalue weighted by atomic mass is 10.3. The highest BCUT2D eigenvalue weighted by molar-refractivity contribution is 7.80. The van der Waals surface area contributed by atoms with Gasteiger partial charge in [-0.25, -0.2) is 0 Å². The molecule has 0 fully saturated rings. The number of anilines is 2. The molecule has 2 aromatic carbocycles. The second kappa shape index (κ2) is 6.31. The fourth-order valence-electron chi connectivity index (χ4n) is 1.58. The van der Waals surface area contributed by atoms with E-state index < -0.39 is 4.92 Å². The highest BCUT2D eigenvalue weighted by atomic mass is 35.5. The molecule has 0 aliphatic rings. The Morgan fingerprint density at radius 3 is 2.25 bits per heavy atom. The Hall–Kier alpha value is -2.18. The van der Waals surface area contributed by atoms with Gasteiger partial charge in [0.1, 0.15) is 5.69 Å². The Labute approximate surface area is 125 Å². The Morgan fingerprint density at radius 2 is 1.60 bits per heavy atom. The van der Waals surface area contributed by atoms with Crippen LogP contribution in [0.3, 0.4) is 0 Å².